The average molecular weight is 545 g/mol. The van der Waals surface area contributed by atoms with Gasteiger partial charge in [0.1, 0.15) is 17.4 Å². The van der Waals surface area contributed by atoms with Crippen LogP contribution >= 0.6 is 0 Å². The molecule has 4 rings (SSSR count). The van der Waals surface area contributed by atoms with Crippen LogP contribution in [0.5, 0.6) is 5.75 Å². The molecule has 11 heteroatoms. The van der Waals surface area contributed by atoms with Crippen LogP contribution in [0.3, 0.4) is 0 Å². The van der Waals surface area contributed by atoms with Gasteiger partial charge in [0.05, 0.1) is 30.8 Å². The number of methoxy groups -OCH3 is 1. The maximum absolute atomic E-state index is 13.4. The molecule has 2 aromatic carbocycles. The van der Waals surface area contributed by atoms with Crippen molar-refractivity contribution in [1.29, 1.82) is 0 Å². The largest absolute Gasteiger partial charge is 0.497 e. The van der Waals surface area contributed by atoms with Crippen LogP contribution in [0.2, 0.25) is 0 Å². The summed E-state index contributed by atoms with van der Waals surface area (Å²) in [4.78, 5) is 19.3. The zero-order valence-corrected chi connectivity index (χ0v) is 21.8. The number of pyridine rings is 1. The van der Waals surface area contributed by atoms with Gasteiger partial charge in [-0.2, -0.15) is 0 Å². The van der Waals surface area contributed by atoms with Crippen LogP contribution in [-0.4, -0.2) is 64.5 Å². The third-order valence-electron chi connectivity index (χ3n) is 7.62. The van der Waals surface area contributed by atoms with E-state index >= 15 is 0 Å². The fourth-order valence-electron chi connectivity index (χ4n) is 5.37. The van der Waals surface area contributed by atoms with Crippen molar-refractivity contribution in [3.8, 4) is 5.75 Å². The van der Waals surface area contributed by atoms with Gasteiger partial charge >= 0.3 is 0 Å². The number of nitrogens with one attached hydrogen (secondary N) is 2. The number of hydrogen-bond donors (Lipinski definition) is 5. The Morgan fingerprint density at radius 2 is 1.90 bits per heavy atom. The van der Waals surface area contributed by atoms with Crippen molar-refractivity contribution in [2.24, 2.45) is 5.41 Å². The van der Waals surface area contributed by atoms with Crippen molar-refractivity contribution in [3.05, 3.63) is 65.4 Å². The van der Waals surface area contributed by atoms with E-state index in [-0.39, 0.29) is 13.0 Å². The van der Waals surface area contributed by atoms with E-state index in [4.69, 9.17) is 4.74 Å². The SMILES string of the molecule is COc1ccc2ncc(CO)c([C@H](O)CCC3(C(=O)NO)CCN(CCNc4cc(F)cc(F)c4)CC3)c2c1. The van der Waals surface area contributed by atoms with Gasteiger partial charge in [0.2, 0.25) is 5.91 Å². The maximum atomic E-state index is 13.4. The van der Waals surface area contributed by atoms with Gasteiger partial charge in [0.15, 0.2) is 0 Å². The van der Waals surface area contributed by atoms with Crippen molar-refractivity contribution in [2.75, 3.05) is 38.6 Å². The number of hydroxylamine groups is 1. The number of aliphatic hydroxyl groups is 2. The van der Waals surface area contributed by atoms with Gasteiger partial charge in [-0.1, -0.05) is 0 Å². The number of aromatic nitrogens is 1. The number of halogens is 2. The Hall–Kier alpha value is -3.38. The van der Waals surface area contributed by atoms with Gasteiger partial charge in [-0.25, -0.2) is 14.3 Å². The minimum absolute atomic E-state index is 0.226. The number of likely N-dealkylation sites (tertiary alicyclic amines) is 1. The number of hydrogen-bond acceptors (Lipinski definition) is 8. The molecule has 1 aliphatic rings. The molecule has 0 radical (unpaired) electrons. The highest BCUT2D eigenvalue weighted by atomic mass is 19.1. The van der Waals surface area contributed by atoms with Gasteiger partial charge < -0.3 is 25.2 Å². The lowest BCUT2D eigenvalue weighted by molar-refractivity contribution is -0.143. The molecule has 39 heavy (non-hydrogen) atoms. The van der Waals surface area contributed by atoms with Crippen molar-refractivity contribution in [2.45, 2.75) is 38.4 Å². The first-order valence-electron chi connectivity index (χ1n) is 12.9. The number of carbonyl (C=O) groups is 1. The molecule has 0 bridgehead atoms. The molecule has 9 nitrogen and oxygen atoms in total. The topological polar surface area (TPSA) is 127 Å². The first-order chi connectivity index (χ1) is 18.8. The number of benzene rings is 2. The molecule has 1 fully saturated rings. The number of fused-ring (bicyclic) bond motifs is 1. The molecule has 2 heterocycles. The third kappa shape index (κ3) is 6.62. The van der Waals surface area contributed by atoms with E-state index in [9.17, 15) is 29.0 Å². The molecule has 0 spiro atoms. The Labute approximate surface area is 225 Å². The molecule has 5 N–H and O–H groups in total. The van der Waals surface area contributed by atoms with E-state index < -0.39 is 29.1 Å². The van der Waals surface area contributed by atoms with Crippen LogP contribution in [0.15, 0.2) is 42.6 Å². The van der Waals surface area contributed by atoms with E-state index in [2.05, 4.69) is 15.2 Å². The Kier molecular flexibility index (Phi) is 9.28. The minimum Gasteiger partial charge on any atom is -0.497 e. The van der Waals surface area contributed by atoms with Crippen molar-refractivity contribution in [3.63, 3.8) is 0 Å². The number of ether oxygens (including phenoxy) is 1. The van der Waals surface area contributed by atoms with Gasteiger partial charge in [-0.3, -0.25) is 15.0 Å². The third-order valence-corrected chi connectivity index (χ3v) is 7.62. The normalized spacial score (nSPS) is 16.2. The first-order valence-corrected chi connectivity index (χ1v) is 12.9. The highest BCUT2D eigenvalue weighted by Gasteiger charge is 2.41. The summed E-state index contributed by atoms with van der Waals surface area (Å²) in [5, 5.41) is 34.3. The Bertz CT molecular complexity index is 1270. The summed E-state index contributed by atoms with van der Waals surface area (Å²) in [5.74, 6) is -1.20. The predicted octanol–water partition coefficient (Wildman–Crippen LogP) is 3.53. The second-order valence-corrected chi connectivity index (χ2v) is 9.94. The summed E-state index contributed by atoms with van der Waals surface area (Å²) in [7, 11) is 1.54. The molecule has 1 amide bonds. The van der Waals surface area contributed by atoms with Crippen LogP contribution in [-0.2, 0) is 11.4 Å². The number of anilines is 1. The second kappa shape index (κ2) is 12.6. The number of piperidine rings is 1. The Morgan fingerprint density at radius 1 is 1.18 bits per heavy atom. The lowest BCUT2D eigenvalue weighted by Gasteiger charge is -2.40. The fraction of sp³-hybridized carbons (Fsp3) is 0.429. The van der Waals surface area contributed by atoms with Crippen LogP contribution in [0.25, 0.3) is 10.9 Å². The monoisotopic (exact) mass is 544 g/mol. The molecule has 3 aromatic rings. The number of aliphatic hydroxyl groups excluding tert-OH is 2. The van der Waals surface area contributed by atoms with Gasteiger partial charge in [-0.15, -0.1) is 0 Å². The highest BCUT2D eigenvalue weighted by Crippen LogP contribution is 2.40. The zero-order valence-electron chi connectivity index (χ0n) is 21.8. The van der Waals surface area contributed by atoms with Crippen molar-refractivity contribution >= 4 is 22.5 Å². The van der Waals surface area contributed by atoms with Crippen LogP contribution in [0, 0.1) is 17.0 Å². The quantitative estimate of drug-likeness (QED) is 0.183. The van der Waals surface area contributed by atoms with Crippen molar-refractivity contribution in [1.82, 2.24) is 15.4 Å². The standard InChI is InChI=1S/C28H34F2N4O5/c1-39-22-2-3-24-23(15-22)26(18(17-35)16-32-24)25(36)4-5-28(27(37)33-38)6-9-34(10-7-28)11-8-31-21-13-19(29)12-20(30)14-21/h2-3,12-16,25,31,35-36,38H,4-11,17H2,1H3,(H,33,37)/t25-/m1/s1. The molecular formula is C28H34F2N4O5. The number of amides is 1. The van der Waals surface area contributed by atoms with E-state index in [1.165, 1.54) is 18.3 Å². The summed E-state index contributed by atoms with van der Waals surface area (Å²) < 4.78 is 32.1. The molecule has 0 saturated carbocycles. The van der Waals surface area contributed by atoms with Gasteiger partial charge in [-0.05, 0) is 74.7 Å². The van der Waals surface area contributed by atoms with E-state index in [0.29, 0.717) is 78.9 Å². The summed E-state index contributed by atoms with van der Waals surface area (Å²) in [6.45, 7) is 1.89. The molecule has 210 valence electrons. The summed E-state index contributed by atoms with van der Waals surface area (Å²) in [5.41, 5.74) is 2.96. The summed E-state index contributed by atoms with van der Waals surface area (Å²) in [6, 6.07) is 8.58. The molecule has 0 unspecified atom stereocenters. The average Bonchev–Trinajstić information content (AvgIpc) is 2.94. The maximum Gasteiger partial charge on any atom is 0.249 e. The second-order valence-electron chi connectivity index (χ2n) is 9.94. The molecule has 1 saturated heterocycles. The lowest BCUT2D eigenvalue weighted by atomic mass is 9.73. The highest BCUT2D eigenvalue weighted by molar-refractivity contribution is 5.85. The fourth-order valence-corrected chi connectivity index (χ4v) is 5.37. The van der Waals surface area contributed by atoms with Gasteiger partial charge in [0.25, 0.3) is 0 Å². The predicted molar refractivity (Wildman–Crippen MR) is 141 cm³/mol. The molecule has 1 aromatic heterocycles. The van der Waals surface area contributed by atoms with E-state index in [1.807, 2.05) is 5.48 Å². The Morgan fingerprint density at radius 3 is 2.54 bits per heavy atom. The molecular weight excluding hydrogens is 510 g/mol. The van der Waals surface area contributed by atoms with Crippen LogP contribution < -0.4 is 15.5 Å². The number of rotatable bonds is 11. The first kappa shape index (κ1) is 28.6. The molecule has 0 aliphatic carbocycles. The van der Waals surface area contributed by atoms with E-state index in [0.717, 1.165) is 6.07 Å². The van der Waals surface area contributed by atoms with E-state index in [1.54, 1.807) is 25.3 Å². The smallest absolute Gasteiger partial charge is 0.249 e. The Balaban J connectivity index is 1.41. The molecule has 1 atom stereocenters. The minimum atomic E-state index is -0.984. The zero-order chi connectivity index (χ0) is 28.0. The number of carbonyl (C=O) groups excluding carboxylic acids is 1. The summed E-state index contributed by atoms with van der Waals surface area (Å²) in [6.07, 6.45) is 2.00. The number of nitrogens with zero attached hydrogens (tertiary/aromatic N) is 2. The van der Waals surface area contributed by atoms with Crippen LogP contribution in [0.4, 0.5) is 14.5 Å². The molecule has 1 aliphatic heterocycles. The van der Waals surface area contributed by atoms with Gasteiger partial charge in [0, 0.05) is 42.0 Å². The van der Waals surface area contributed by atoms with Crippen molar-refractivity contribution < 1.29 is 33.7 Å². The van der Waals surface area contributed by atoms with Crippen LogP contribution in [0.1, 0.15) is 42.9 Å². The summed E-state index contributed by atoms with van der Waals surface area (Å²) >= 11 is 0. The lowest BCUT2D eigenvalue weighted by Crippen LogP contribution is -2.49.